The van der Waals surface area contributed by atoms with Crippen molar-refractivity contribution in [3.63, 3.8) is 0 Å². The zero-order chi connectivity index (χ0) is 17.2. The van der Waals surface area contributed by atoms with Crippen LogP contribution in [0.15, 0.2) is 24.3 Å². The average Bonchev–Trinajstić information content (AvgIpc) is 2.54. The van der Waals surface area contributed by atoms with Crippen LogP contribution >= 0.6 is 0 Å². The van der Waals surface area contributed by atoms with Crippen molar-refractivity contribution in [1.82, 2.24) is 4.90 Å². The predicted molar refractivity (Wildman–Crippen MR) is 89.4 cm³/mol. The molecule has 0 heterocycles. The number of carbonyl (C=O) groups is 2. The highest BCUT2D eigenvalue weighted by atomic mass is 16.5. The van der Waals surface area contributed by atoms with Crippen LogP contribution in [0.2, 0.25) is 0 Å². The minimum absolute atomic E-state index is 0.0809. The van der Waals surface area contributed by atoms with Gasteiger partial charge >= 0.3 is 5.97 Å². The van der Waals surface area contributed by atoms with Gasteiger partial charge in [0.25, 0.3) is 0 Å². The van der Waals surface area contributed by atoms with Crippen molar-refractivity contribution in [3.05, 3.63) is 29.8 Å². The van der Waals surface area contributed by atoms with E-state index in [4.69, 9.17) is 4.74 Å². The molecular formula is C18H27NO4. The van der Waals surface area contributed by atoms with Gasteiger partial charge in [0.1, 0.15) is 5.75 Å². The lowest BCUT2D eigenvalue weighted by Gasteiger charge is -2.23. The number of rotatable bonds is 9. The number of methoxy groups -OCH3 is 2. The van der Waals surface area contributed by atoms with Crippen LogP contribution in [-0.2, 0) is 20.7 Å². The zero-order valence-electron chi connectivity index (χ0n) is 14.5. The summed E-state index contributed by atoms with van der Waals surface area (Å²) in [6, 6.07) is 7.79. The molecule has 0 aliphatic rings. The summed E-state index contributed by atoms with van der Waals surface area (Å²) in [5.41, 5.74) is 1.13. The molecule has 1 amide bonds. The Morgan fingerprint density at radius 1 is 1.09 bits per heavy atom. The molecule has 0 saturated carbocycles. The lowest BCUT2D eigenvalue weighted by Crippen LogP contribution is -2.35. The molecule has 0 bridgehead atoms. The number of hydrogen-bond donors (Lipinski definition) is 0. The number of amides is 1. The highest BCUT2D eigenvalue weighted by Crippen LogP contribution is 2.13. The van der Waals surface area contributed by atoms with Crippen LogP contribution in [0.25, 0.3) is 0 Å². The van der Waals surface area contributed by atoms with E-state index in [9.17, 15) is 9.59 Å². The second-order valence-corrected chi connectivity index (χ2v) is 5.90. The first-order valence-electron chi connectivity index (χ1n) is 7.93. The fourth-order valence-corrected chi connectivity index (χ4v) is 2.22. The number of carbonyl (C=O) groups excluding carboxylic acids is 2. The summed E-state index contributed by atoms with van der Waals surface area (Å²) in [5, 5.41) is 0. The Labute approximate surface area is 138 Å². The van der Waals surface area contributed by atoms with Crippen LogP contribution < -0.4 is 4.74 Å². The Hall–Kier alpha value is -2.04. The van der Waals surface area contributed by atoms with E-state index in [2.05, 4.69) is 4.74 Å². The number of esters is 1. The van der Waals surface area contributed by atoms with Crippen LogP contribution in [0.4, 0.5) is 0 Å². The molecule has 1 aromatic carbocycles. The maximum atomic E-state index is 12.3. The fraction of sp³-hybridized carbons (Fsp3) is 0.556. The SMILES string of the molecule is COC(=O)CCN(CCc1ccc(OC)cc1)C(=O)CC(C)C. The minimum atomic E-state index is -0.295. The van der Waals surface area contributed by atoms with Crippen molar-refractivity contribution in [2.24, 2.45) is 5.92 Å². The van der Waals surface area contributed by atoms with E-state index in [1.807, 2.05) is 38.1 Å². The van der Waals surface area contributed by atoms with E-state index < -0.39 is 0 Å². The summed E-state index contributed by atoms with van der Waals surface area (Å²) in [6.45, 7) is 5.02. The van der Waals surface area contributed by atoms with Crippen molar-refractivity contribution in [2.45, 2.75) is 33.1 Å². The molecule has 0 aliphatic heterocycles. The standard InChI is InChI=1S/C18H27NO4/c1-14(2)13-17(20)19(12-10-18(21)23-4)11-9-15-5-7-16(22-3)8-6-15/h5-8,14H,9-13H2,1-4H3. The highest BCUT2D eigenvalue weighted by molar-refractivity contribution is 5.77. The molecule has 0 saturated heterocycles. The number of ether oxygens (including phenoxy) is 2. The van der Waals surface area contributed by atoms with Gasteiger partial charge in [-0.15, -0.1) is 0 Å². The topological polar surface area (TPSA) is 55.8 Å². The maximum absolute atomic E-state index is 12.3. The van der Waals surface area contributed by atoms with E-state index in [0.717, 1.165) is 17.7 Å². The van der Waals surface area contributed by atoms with Gasteiger partial charge in [-0.25, -0.2) is 0 Å². The Balaban J connectivity index is 2.62. The first-order chi connectivity index (χ1) is 11.0. The minimum Gasteiger partial charge on any atom is -0.497 e. The van der Waals surface area contributed by atoms with Gasteiger partial charge in [0.2, 0.25) is 5.91 Å². The molecular weight excluding hydrogens is 294 g/mol. The highest BCUT2D eigenvalue weighted by Gasteiger charge is 2.16. The van der Waals surface area contributed by atoms with Gasteiger partial charge < -0.3 is 14.4 Å². The molecule has 0 radical (unpaired) electrons. The summed E-state index contributed by atoms with van der Waals surface area (Å²) < 4.78 is 9.80. The lowest BCUT2D eigenvalue weighted by molar-refractivity contribution is -0.141. The van der Waals surface area contributed by atoms with Gasteiger partial charge in [-0.05, 0) is 30.0 Å². The van der Waals surface area contributed by atoms with Crippen molar-refractivity contribution in [3.8, 4) is 5.75 Å². The van der Waals surface area contributed by atoms with E-state index in [1.54, 1.807) is 12.0 Å². The predicted octanol–water partition coefficient (Wildman–Crippen LogP) is 2.68. The normalized spacial score (nSPS) is 10.5. The van der Waals surface area contributed by atoms with Crippen LogP contribution in [-0.4, -0.2) is 44.1 Å². The van der Waals surface area contributed by atoms with E-state index in [1.165, 1.54) is 7.11 Å². The molecule has 0 atom stereocenters. The smallest absolute Gasteiger partial charge is 0.307 e. The van der Waals surface area contributed by atoms with Gasteiger partial charge in [0, 0.05) is 19.5 Å². The molecule has 0 unspecified atom stereocenters. The van der Waals surface area contributed by atoms with Crippen LogP contribution in [0.3, 0.4) is 0 Å². The van der Waals surface area contributed by atoms with Crippen LogP contribution in [0, 0.1) is 5.92 Å². The van der Waals surface area contributed by atoms with Gasteiger partial charge in [0.05, 0.1) is 20.6 Å². The van der Waals surface area contributed by atoms with E-state index >= 15 is 0 Å². The molecule has 0 spiro atoms. The zero-order valence-corrected chi connectivity index (χ0v) is 14.5. The first kappa shape index (κ1) is 19.0. The van der Waals surface area contributed by atoms with Gasteiger partial charge in [0.15, 0.2) is 0 Å². The molecule has 0 fully saturated rings. The second kappa shape index (κ2) is 9.87. The molecule has 23 heavy (non-hydrogen) atoms. The summed E-state index contributed by atoms with van der Waals surface area (Å²) in [6.07, 6.45) is 1.46. The second-order valence-electron chi connectivity index (χ2n) is 5.90. The molecule has 0 aromatic heterocycles. The maximum Gasteiger partial charge on any atom is 0.307 e. The van der Waals surface area contributed by atoms with Gasteiger partial charge in [-0.1, -0.05) is 26.0 Å². The Morgan fingerprint density at radius 3 is 2.26 bits per heavy atom. The van der Waals surface area contributed by atoms with E-state index in [0.29, 0.717) is 25.4 Å². The van der Waals surface area contributed by atoms with E-state index in [-0.39, 0.29) is 18.3 Å². The molecule has 1 aromatic rings. The molecule has 128 valence electrons. The Morgan fingerprint density at radius 2 is 1.74 bits per heavy atom. The third-order valence-corrected chi connectivity index (χ3v) is 3.58. The van der Waals surface area contributed by atoms with Crippen LogP contribution in [0.1, 0.15) is 32.3 Å². The molecule has 5 nitrogen and oxygen atoms in total. The number of benzene rings is 1. The average molecular weight is 321 g/mol. The molecule has 5 heteroatoms. The summed E-state index contributed by atoms with van der Waals surface area (Å²) >= 11 is 0. The summed E-state index contributed by atoms with van der Waals surface area (Å²) in [5.74, 6) is 0.894. The summed E-state index contributed by atoms with van der Waals surface area (Å²) in [7, 11) is 2.99. The van der Waals surface area contributed by atoms with Crippen molar-refractivity contribution in [2.75, 3.05) is 27.3 Å². The Kier molecular flexibility index (Phi) is 8.16. The van der Waals surface area contributed by atoms with Gasteiger partial charge in [-0.2, -0.15) is 0 Å². The van der Waals surface area contributed by atoms with Crippen molar-refractivity contribution in [1.29, 1.82) is 0 Å². The van der Waals surface area contributed by atoms with Crippen molar-refractivity contribution < 1.29 is 19.1 Å². The number of nitrogens with zero attached hydrogens (tertiary/aromatic N) is 1. The first-order valence-corrected chi connectivity index (χ1v) is 7.93. The molecule has 1 rings (SSSR count). The van der Waals surface area contributed by atoms with Crippen molar-refractivity contribution >= 4 is 11.9 Å². The summed E-state index contributed by atoms with van der Waals surface area (Å²) in [4.78, 5) is 25.4. The fourth-order valence-electron chi connectivity index (χ4n) is 2.22. The largest absolute Gasteiger partial charge is 0.497 e. The van der Waals surface area contributed by atoms with Crippen LogP contribution in [0.5, 0.6) is 5.75 Å². The molecule has 0 aliphatic carbocycles. The lowest BCUT2D eigenvalue weighted by atomic mass is 10.1. The Bertz CT molecular complexity index is 496. The quantitative estimate of drug-likeness (QED) is 0.656. The monoisotopic (exact) mass is 321 g/mol. The third kappa shape index (κ3) is 7.17. The van der Waals surface area contributed by atoms with Gasteiger partial charge in [-0.3, -0.25) is 9.59 Å². The third-order valence-electron chi connectivity index (χ3n) is 3.58. The molecule has 0 N–H and O–H groups in total. The number of hydrogen-bond acceptors (Lipinski definition) is 4.